The first kappa shape index (κ1) is 23.5. The van der Waals surface area contributed by atoms with Crippen molar-refractivity contribution in [3.05, 3.63) is 94.1 Å². The third-order valence-electron chi connectivity index (χ3n) is 5.45. The van der Waals surface area contributed by atoms with Crippen LogP contribution in [-0.2, 0) is 12.7 Å². The summed E-state index contributed by atoms with van der Waals surface area (Å²) in [5.74, 6) is -0.444. The molecule has 0 fully saturated rings. The van der Waals surface area contributed by atoms with E-state index >= 15 is 0 Å². The minimum atomic E-state index is -4.62. The summed E-state index contributed by atoms with van der Waals surface area (Å²) in [7, 11) is 1.42. The van der Waals surface area contributed by atoms with Crippen molar-refractivity contribution in [1.82, 2.24) is 9.97 Å². The molecule has 5 rings (SSSR count). The number of hydrogen-bond acceptors (Lipinski definition) is 7. The molecule has 0 saturated carbocycles. The summed E-state index contributed by atoms with van der Waals surface area (Å²) in [5, 5.41) is 0.457. The molecular weight excluding hydrogens is 495 g/mol. The molecule has 2 aromatic carbocycles. The van der Waals surface area contributed by atoms with Crippen molar-refractivity contribution in [2.45, 2.75) is 12.7 Å². The van der Waals surface area contributed by atoms with Crippen LogP contribution in [0, 0.1) is 0 Å². The third-order valence-corrected chi connectivity index (χ3v) is 6.50. The van der Waals surface area contributed by atoms with Crippen molar-refractivity contribution in [2.75, 3.05) is 12.0 Å². The van der Waals surface area contributed by atoms with Crippen molar-refractivity contribution >= 4 is 43.6 Å². The number of benzene rings is 2. The Bertz CT molecular complexity index is 1650. The summed E-state index contributed by atoms with van der Waals surface area (Å²) in [5.41, 5.74) is -1.56. The first-order chi connectivity index (χ1) is 17.3. The minimum Gasteiger partial charge on any atom is -0.493 e. The van der Waals surface area contributed by atoms with Gasteiger partial charge in [-0.1, -0.05) is 29.5 Å². The van der Waals surface area contributed by atoms with Gasteiger partial charge < -0.3 is 9.15 Å². The summed E-state index contributed by atoms with van der Waals surface area (Å²) >= 11 is 0.919. The molecule has 0 N–H and O–H groups in total. The predicted molar refractivity (Wildman–Crippen MR) is 128 cm³/mol. The van der Waals surface area contributed by atoms with Crippen molar-refractivity contribution < 1.29 is 27.1 Å². The van der Waals surface area contributed by atoms with E-state index in [0.29, 0.717) is 16.7 Å². The van der Waals surface area contributed by atoms with Gasteiger partial charge in [-0.15, -0.1) is 0 Å². The van der Waals surface area contributed by atoms with E-state index in [0.717, 1.165) is 17.4 Å². The first-order valence-electron chi connectivity index (χ1n) is 10.5. The normalized spacial score (nSPS) is 11.7. The Morgan fingerprint density at radius 3 is 2.58 bits per heavy atom. The molecule has 0 radical (unpaired) electrons. The third kappa shape index (κ3) is 4.29. The zero-order chi connectivity index (χ0) is 25.4. The van der Waals surface area contributed by atoms with Crippen LogP contribution >= 0.6 is 11.3 Å². The first-order valence-corrected chi connectivity index (χ1v) is 11.4. The molecule has 0 unspecified atom stereocenters. The van der Waals surface area contributed by atoms with E-state index in [-0.39, 0.29) is 33.0 Å². The van der Waals surface area contributed by atoms with Crippen LogP contribution in [0.5, 0.6) is 5.75 Å². The van der Waals surface area contributed by atoms with E-state index in [1.807, 2.05) is 0 Å². The summed E-state index contributed by atoms with van der Waals surface area (Å²) in [4.78, 5) is 35.8. The number of aromatic nitrogens is 2. The number of thiazole rings is 1. The highest BCUT2D eigenvalue weighted by molar-refractivity contribution is 7.22. The number of para-hydroxylation sites is 2. The van der Waals surface area contributed by atoms with Crippen LogP contribution in [0.2, 0.25) is 0 Å². The van der Waals surface area contributed by atoms with E-state index in [2.05, 4.69) is 9.97 Å². The number of alkyl halides is 3. The van der Waals surface area contributed by atoms with Crippen LogP contribution in [0.3, 0.4) is 0 Å². The summed E-state index contributed by atoms with van der Waals surface area (Å²) in [6, 6.07) is 13.3. The number of nitrogens with zero attached hydrogens (tertiary/aromatic N) is 3. The van der Waals surface area contributed by atoms with Gasteiger partial charge in [0.2, 0.25) is 0 Å². The second-order valence-electron chi connectivity index (χ2n) is 7.72. The molecular formula is C25H16F3N3O4S. The molecule has 3 heterocycles. The van der Waals surface area contributed by atoms with Crippen molar-refractivity contribution in [3.8, 4) is 5.75 Å². The largest absolute Gasteiger partial charge is 0.493 e. The van der Waals surface area contributed by atoms with Crippen LogP contribution < -0.4 is 15.3 Å². The molecule has 1 amide bonds. The fourth-order valence-electron chi connectivity index (χ4n) is 3.75. The minimum absolute atomic E-state index is 0.00801. The van der Waals surface area contributed by atoms with Gasteiger partial charge in [-0.25, -0.2) is 9.78 Å². The molecule has 3 aromatic heterocycles. The number of anilines is 1. The maximum absolute atomic E-state index is 13.7. The lowest BCUT2D eigenvalue weighted by Gasteiger charge is -2.19. The monoisotopic (exact) mass is 511 g/mol. The molecule has 182 valence electrons. The van der Waals surface area contributed by atoms with Crippen molar-refractivity contribution in [3.63, 3.8) is 0 Å². The van der Waals surface area contributed by atoms with Gasteiger partial charge >= 0.3 is 11.8 Å². The number of fused-ring (bicyclic) bond motifs is 2. The van der Waals surface area contributed by atoms with E-state index in [1.54, 1.807) is 30.3 Å². The van der Waals surface area contributed by atoms with Gasteiger partial charge in [0, 0.05) is 17.8 Å². The maximum atomic E-state index is 13.7. The Morgan fingerprint density at radius 2 is 1.86 bits per heavy atom. The number of amides is 1. The van der Waals surface area contributed by atoms with E-state index < -0.39 is 23.3 Å². The van der Waals surface area contributed by atoms with Gasteiger partial charge in [-0.05, 0) is 42.0 Å². The average molecular weight is 511 g/mol. The maximum Gasteiger partial charge on any atom is 0.418 e. The second kappa shape index (κ2) is 9.08. The smallest absolute Gasteiger partial charge is 0.418 e. The number of hydrogen-bond donors (Lipinski definition) is 0. The van der Waals surface area contributed by atoms with Crippen LogP contribution in [0.15, 0.2) is 76.2 Å². The lowest BCUT2D eigenvalue weighted by atomic mass is 10.1. The lowest BCUT2D eigenvalue weighted by molar-refractivity contribution is -0.136. The number of halogens is 3. The molecule has 7 nitrogen and oxygen atoms in total. The van der Waals surface area contributed by atoms with E-state index in [9.17, 15) is 22.8 Å². The number of methoxy groups -OCH3 is 1. The molecule has 0 saturated heterocycles. The highest BCUT2D eigenvalue weighted by Crippen LogP contribution is 2.39. The van der Waals surface area contributed by atoms with Gasteiger partial charge in [0.25, 0.3) is 5.91 Å². The predicted octanol–water partition coefficient (Wildman–Crippen LogP) is 5.67. The Morgan fingerprint density at radius 1 is 1.11 bits per heavy atom. The molecule has 36 heavy (non-hydrogen) atoms. The highest BCUT2D eigenvalue weighted by Gasteiger charge is 2.34. The topological polar surface area (TPSA) is 85.5 Å². The highest BCUT2D eigenvalue weighted by atomic mass is 32.1. The Balaban J connectivity index is 1.66. The standard InChI is InChI=1S/C25H16F3N3O4S/c1-34-18-6-2-4-15-12-16(23(33)35-21(15)18)22(32)31(13-14-8-10-29-11-9-14)24-30-20-17(25(26,27)28)5-3-7-19(20)36-24/h2-12H,13H2,1H3. The fourth-order valence-corrected chi connectivity index (χ4v) is 4.74. The molecule has 0 aliphatic rings. The number of ether oxygens (including phenoxy) is 1. The van der Waals surface area contributed by atoms with Crippen LogP contribution in [0.4, 0.5) is 18.3 Å². The Labute approximate surface area is 205 Å². The Hall–Kier alpha value is -4.25. The lowest BCUT2D eigenvalue weighted by Crippen LogP contribution is -2.33. The van der Waals surface area contributed by atoms with Gasteiger partial charge in [0.1, 0.15) is 5.56 Å². The summed E-state index contributed by atoms with van der Waals surface area (Å²) < 4.78 is 51.6. The second-order valence-corrected chi connectivity index (χ2v) is 8.73. The van der Waals surface area contributed by atoms with Gasteiger partial charge in [-0.3, -0.25) is 14.7 Å². The molecule has 11 heteroatoms. The van der Waals surface area contributed by atoms with Crippen molar-refractivity contribution in [2.24, 2.45) is 0 Å². The van der Waals surface area contributed by atoms with Gasteiger partial charge in [0.05, 0.1) is 29.4 Å². The number of carbonyl (C=O) groups is 1. The molecule has 0 spiro atoms. The van der Waals surface area contributed by atoms with E-state index in [4.69, 9.17) is 9.15 Å². The van der Waals surface area contributed by atoms with Crippen LogP contribution in [-0.4, -0.2) is 23.0 Å². The molecule has 5 aromatic rings. The zero-order valence-corrected chi connectivity index (χ0v) is 19.4. The molecule has 0 atom stereocenters. The summed E-state index contributed by atoms with van der Waals surface area (Å²) in [6.45, 7) is -0.0574. The number of rotatable bonds is 5. The molecule has 0 aliphatic carbocycles. The molecule has 0 bridgehead atoms. The van der Waals surface area contributed by atoms with Gasteiger partial charge in [-0.2, -0.15) is 13.2 Å². The van der Waals surface area contributed by atoms with Gasteiger partial charge in [0.15, 0.2) is 16.5 Å². The average Bonchev–Trinajstić information content (AvgIpc) is 3.30. The SMILES string of the molecule is COc1cccc2cc(C(=O)N(Cc3ccncc3)c3nc4c(C(F)(F)F)cccc4s3)c(=O)oc12. The quantitative estimate of drug-likeness (QED) is 0.283. The zero-order valence-electron chi connectivity index (χ0n) is 18.6. The van der Waals surface area contributed by atoms with Crippen LogP contribution in [0.25, 0.3) is 21.2 Å². The molecule has 0 aliphatic heterocycles. The van der Waals surface area contributed by atoms with Crippen molar-refractivity contribution in [1.29, 1.82) is 0 Å². The fraction of sp³-hybridized carbons (Fsp3) is 0.120. The van der Waals surface area contributed by atoms with Crippen LogP contribution in [0.1, 0.15) is 21.5 Å². The Kier molecular flexibility index (Phi) is 5.92. The number of pyridine rings is 1. The summed E-state index contributed by atoms with van der Waals surface area (Å²) in [6.07, 6.45) is -1.58. The van der Waals surface area contributed by atoms with E-state index in [1.165, 1.54) is 42.6 Å². The number of carbonyl (C=O) groups excluding carboxylic acids is 1.